The predicted octanol–water partition coefficient (Wildman–Crippen LogP) is 1.59. The Balaban J connectivity index is 1.82. The van der Waals surface area contributed by atoms with Gasteiger partial charge in [0.15, 0.2) is 0 Å². The standard InChI is InChI=1S/C12H20N4S/c1-10-8-12(14-9-13-10)15-11-2-4-16(5-3-11)6-7-17/h8-9,11,17H,2-7H2,1H3,(H,13,14,15). The second-order valence-corrected chi connectivity index (χ2v) is 4.98. The van der Waals surface area contributed by atoms with Gasteiger partial charge in [-0.05, 0) is 19.8 Å². The van der Waals surface area contributed by atoms with E-state index in [1.165, 1.54) is 12.8 Å². The van der Waals surface area contributed by atoms with E-state index in [1.807, 2.05) is 13.0 Å². The summed E-state index contributed by atoms with van der Waals surface area (Å²) in [7, 11) is 0. The van der Waals surface area contributed by atoms with Gasteiger partial charge in [0, 0.05) is 43.2 Å². The zero-order chi connectivity index (χ0) is 12.1. The first-order valence-electron chi connectivity index (χ1n) is 6.16. The summed E-state index contributed by atoms with van der Waals surface area (Å²) < 4.78 is 0. The van der Waals surface area contributed by atoms with E-state index in [1.54, 1.807) is 6.33 Å². The highest BCUT2D eigenvalue weighted by molar-refractivity contribution is 7.80. The molecule has 2 rings (SSSR count). The van der Waals surface area contributed by atoms with Crippen LogP contribution < -0.4 is 5.32 Å². The number of anilines is 1. The summed E-state index contributed by atoms with van der Waals surface area (Å²) in [5.41, 5.74) is 1.01. The summed E-state index contributed by atoms with van der Waals surface area (Å²) in [6.45, 7) is 5.40. The van der Waals surface area contributed by atoms with Gasteiger partial charge in [0.1, 0.15) is 12.1 Å². The maximum absolute atomic E-state index is 4.27. The average Bonchev–Trinajstić information content (AvgIpc) is 2.32. The minimum absolute atomic E-state index is 0.542. The van der Waals surface area contributed by atoms with E-state index in [-0.39, 0.29) is 0 Å². The van der Waals surface area contributed by atoms with E-state index >= 15 is 0 Å². The highest BCUT2D eigenvalue weighted by Crippen LogP contribution is 2.15. The largest absolute Gasteiger partial charge is 0.367 e. The molecule has 0 radical (unpaired) electrons. The van der Waals surface area contributed by atoms with Crippen LogP contribution in [0.5, 0.6) is 0 Å². The molecule has 17 heavy (non-hydrogen) atoms. The summed E-state index contributed by atoms with van der Waals surface area (Å²) in [6.07, 6.45) is 3.97. The fraction of sp³-hybridized carbons (Fsp3) is 0.667. The smallest absolute Gasteiger partial charge is 0.129 e. The third-order valence-corrected chi connectivity index (χ3v) is 3.36. The number of likely N-dealkylation sites (tertiary alicyclic amines) is 1. The van der Waals surface area contributed by atoms with Crippen molar-refractivity contribution in [3.8, 4) is 0 Å². The highest BCUT2D eigenvalue weighted by Gasteiger charge is 2.18. The molecule has 1 saturated heterocycles. The zero-order valence-corrected chi connectivity index (χ0v) is 11.2. The summed E-state index contributed by atoms with van der Waals surface area (Å²) in [6, 6.07) is 2.54. The topological polar surface area (TPSA) is 41.0 Å². The van der Waals surface area contributed by atoms with E-state index in [2.05, 4.69) is 32.8 Å². The lowest BCUT2D eigenvalue weighted by Crippen LogP contribution is -2.40. The lowest BCUT2D eigenvalue weighted by atomic mass is 10.1. The first-order valence-corrected chi connectivity index (χ1v) is 6.79. The Labute approximate surface area is 108 Å². The Morgan fingerprint density at radius 2 is 2.18 bits per heavy atom. The van der Waals surface area contributed by atoms with Gasteiger partial charge >= 0.3 is 0 Å². The third-order valence-electron chi connectivity index (χ3n) is 3.16. The summed E-state index contributed by atoms with van der Waals surface area (Å²) in [4.78, 5) is 10.8. The average molecular weight is 252 g/mol. The maximum Gasteiger partial charge on any atom is 0.129 e. The molecule has 4 nitrogen and oxygen atoms in total. The fourth-order valence-corrected chi connectivity index (χ4v) is 2.47. The van der Waals surface area contributed by atoms with Gasteiger partial charge in [0.25, 0.3) is 0 Å². The molecule has 0 spiro atoms. The van der Waals surface area contributed by atoms with Crippen LogP contribution in [0.25, 0.3) is 0 Å². The molecule has 0 atom stereocenters. The van der Waals surface area contributed by atoms with Gasteiger partial charge in [-0.3, -0.25) is 0 Å². The Bertz CT molecular complexity index is 350. The van der Waals surface area contributed by atoms with E-state index in [0.717, 1.165) is 36.9 Å². The minimum Gasteiger partial charge on any atom is -0.367 e. The summed E-state index contributed by atoms with van der Waals surface area (Å²) in [5, 5.41) is 3.49. The van der Waals surface area contributed by atoms with Crippen LogP contribution >= 0.6 is 12.6 Å². The molecule has 0 amide bonds. The molecule has 1 aromatic rings. The molecular formula is C12H20N4S. The normalized spacial score (nSPS) is 18.2. The van der Waals surface area contributed by atoms with Crippen LogP contribution in [-0.2, 0) is 0 Å². The lowest BCUT2D eigenvalue weighted by molar-refractivity contribution is 0.231. The molecule has 0 unspecified atom stereocenters. The molecule has 0 bridgehead atoms. The van der Waals surface area contributed by atoms with Crippen molar-refractivity contribution in [2.75, 3.05) is 30.7 Å². The first-order chi connectivity index (χ1) is 8.28. The van der Waals surface area contributed by atoms with Crippen molar-refractivity contribution >= 4 is 18.4 Å². The van der Waals surface area contributed by atoms with Gasteiger partial charge in [-0.1, -0.05) is 0 Å². The summed E-state index contributed by atoms with van der Waals surface area (Å²) in [5.74, 6) is 1.90. The number of piperidine rings is 1. The number of aromatic nitrogens is 2. The second kappa shape index (κ2) is 6.21. The first kappa shape index (κ1) is 12.6. The lowest BCUT2D eigenvalue weighted by Gasteiger charge is -2.32. The van der Waals surface area contributed by atoms with Gasteiger partial charge in [-0.15, -0.1) is 0 Å². The number of aryl methyl sites for hydroxylation is 1. The Morgan fingerprint density at radius 3 is 2.82 bits per heavy atom. The van der Waals surface area contributed by atoms with Gasteiger partial charge in [-0.2, -0.15) is 12.6 Å². The maximum atomic E-state index is 4.27. The quantitative estimate of drug-likeness (QED) is 0.799. The molecule has 0 aliphatic carbocycles. The highest BCUT2D eigenvalue weighted by atomic mass is 32.1. The molecule has 94 valence electrons. The molecule has 2 heterocycles. The molecule has 1 aliphatic heterocycles. The zero-order valence-electron chi connectivity index (χ0n) is 10.3. The van der Waals surface area contributed by atoms with Crippen molar-refractivity contribution < 1.29 is 0 Å². The molecule has 0 aromatic carbocycles. The fourth-order valence-electron chi connectivity index (χ4n) is 2.18. The number of thiol groups is 1. The van der Waals surface area contributed by atoms with Crippen molar-refractivity contribution in [1.29, 1.82) is 0 Å². The van der Waals surface area contributed by atoms with Crippen LogP contribution in [0.2, 0.25) is 0 Å². The number of rotatable bonds is 4. The third kappa shape index (κ3) is 3.85. The Morgan fingerprint density at radius 1 is 1.41 bits per heavy atom. The van der Waals surface area contributed by atoms with Crippen molar-refractivity contribution in [3.63, 3.8) is 0 Å². The number of nitrogens with zero attached hydrogens (tertiary/aromatic N) is 3. The van der Waals surface area contributed by atoms with Gasteiger partial charge < -0.3 is 10.2 Å². The van der Waals surface area contributed by atoms with Gasteiger partial charge in [0.05, 0.1) is 0 Å². The van der Waals surface area contributed by atoms with Gasteiger partial charge in [-0.25, -0.2) is 9.97 Å². The van der Waals surface area contributed by atoms with Crippen LogP contribution in [0.3, 0.4) is 0 Å². The summed E-state index contributed by atoms with van der Waals surface area (Å²) >= 11 is 4.27. The van der Waals surface area contributed by atoms with Crippen molar-refractivity contribution in [1.82, 2.24) is 14.9 Å². The van der Waals surface area contributed by atoms with E-state index < -0.39 is 0 Å². The molecule has 1 fully saturated rings. The molecule has 1 aliphatic rings. The molecule has 1 N–H and O–H groups in total. The predicted molar refractivity (Wildman–Crippen MR) is 73.7 cm³/mol. The molecule has 0 saturated carbocycles. The van der Waals surface area contributed by atoms with Crippen molar-refractivity contribution in [2.24, 2.45) is 0 Å². The monoisotopic (exact) mass is 252 g/mol. The number of nitrogens with one attached hydrogen (secondary N) is 1. The number of hydrogen-bond acceptors (Lipinski definition) is 5. The van der Waals surface area contributed by atoms with E-state index in [9.17, 15) is 0 Å². The van der Waals surface area contributed by atoms with E-state index in [0.29, 0.717) is 6.04 Å². The van der Waals surface area contributed by atoms with E-state index in [4.69, 9.17) is 0 Å². The van der Waals surface area contributed by atoms with Crippen molar-refractivity contribution in [2.45, 2.75) is 25.8 Å². The minimum atomic E-state index is 0.542. The van der Waals surface area contributed by atoms with Crippen LogP contribution in [0.15, 0.2) is 12.4 Å². The SMILES string of the molecule is Cc1cc(NC2CCN(CCS)CC2)ncn1. The molecule has 5 heteroatoms. The molecule has 1 aromatic heterocycles. The van der Waals surface area contributed by atoms with Gasteiger partial charge in [0.2, 0.25) is 0 Å². The van der Waals surface area contributed by atoms with Crippen LogP contribution in [0, 0.1) is 6.92 Å². The second-order valence-electron chi connectivity index (χ2n) is 4.53. The Hall–Kier alpha value is -0.810. The van der Waals surface area contributed by atoms with Crippen LogP contribution in [0.4, 0.5) is 5.82 Å². The van der Waals surface area contributed by atoms with Crippen LogP contribution in [0.1, 0.15) is 18.5 Å². The van der Waals surface area contributed by atoms with Crippen molar-refractivity contribution in [3.05, 3.63) is 18.1 Å². The molecular weight excluding hydrogens is 232 g/mol. The van der Waals surface area contributed by atoms with Crippen LogP contribution in [-0.4, -0.2) is 46.3 Å². The number of hydrogen-bond donors (Lipinski definition) is 2. The Kier molecular flexibility index (Phi) is 4.62.